The molecule has 1 amide bonds. The van der Waals surface area contributed by atoms with Crippen LogP contribution in [0.2, 0.25) is 0 Å². The minimum Gasteiger partial charge on any atom is -0.384 e. The van der Waals surface area contributed by atoms with E-state index in [4.69, 9.17) is 0 Å². The first-order chi connectivity index (χ1) is 10.5. The van der Waals surface area contributed by atoms with Gasteiger partial charge in [0, 0.05) is 29.7 Å². The van der Waals surface area contributed by atoms with Gasteiger partial charge < -0.3 is 10.6 Å². The van der Waals surface area contributed by atoms with Crippen LogP contribution in [0, 0.1) is 13.8 Å². The molecule has 116 valence electrons. The Morgan fingerprint density at radius 2 is 1.86 bits per heavy atom. The van der Waals surface area contributed by atoms with E-state index in [1.807, 2.05) is 31.2 Å². The van der Waals surface area contributed by atoms with Crippen molar-refractivity contribution in [3.05, 3.63) is 63.6 Å². The molecule has 0 aliphatic heterocycles. The monoisotopic (exact) mass is 360 g/mol. The summed E-state index contributed by atoms with van der Waals surface area (Å²) in [4.78, 5) is 11.9. The Morgan fingerprint density at radius 1 is 1.09 bits per heavy atom. The lowest BCUT2D eigenvalue weighted by atomic mass is 10.1. The molecule has 2 aromatic rings. The second kappa shape index (κ2) is 7.99. The number of hydrogen-bond donors (Lipinski definition) is 2. The zero-order valence-corrected chi connectivity index (χ0v) is 14.5. The third kappa shape index (κ3) is 5.19. The van der Waals surface area contributed by atoms with Crippen LogP contribution >= 0.6 is 15.9 Å². The minimum absolute atomic E-state index is 0.0530. The Labute approximate surface area is 140 Å². The molecule has 2 N–H and O–H groups in total. The van der Waals surface area contributed by atoms with Crippen LogP contribution in [0.1, 0.15) is 23.1 Å². The lowest BCUT2D eigenvalue weighted by molar-refractivity contribution is -0.121. The van der Waals surface area contributed by atoms with E-state index in [9.17, 15) is 4.79 Å². The molecular formula is C18H21BrN2O. The summed E-state index contributed by atoms with van der Waals surface area (Å²) in [7, 11) is 0. The quantitative estimate of drug-likeness (QED) is 0.810. The normalized spacial score (nSPS) is 10.3. The molecule has 0 aliphatic carbocycles. The summed E-state index contributed by atoms with van der Waals surface area (Å²) >= 11 is 3.52. The number of rotatable bonds is 6. The van der Waals surface area contributed by atoms with Gasteiger partial charge in [-0.1, -0.05) is 35.9 Å². The molecular weight excluding hydrogens is 340 g/mol. The maximum Gasteiger partial charge on any atom is 0.222 e. The van der Waals surface area contributed by atoms with Crippen molar-refractivity contribution in [2.45, 2.75) is 26.8 Å². The van der Waals surface area contributed by atoms with Gasteiger partial charge in [0.1, 0.15) is 0 Å². The first kappa shape index (κ1) is 16.6. The van der Waals surface area contributed by atoms with Crippen molar-refractivity contribution in [1.82, 2.24) is 5.32 Å². The second-order valence-electron chi connectivity index (χ2n) is 5.43. The molecule has 0 spiro atoms. The second-order valence-corrected chi connectivity index (χ2v) is 6.28. The van der Waals surface area contributed by atoms with Crippen LogP contribution in [0.15, 0.2) is 46.9 Å². The highest BCUT2D eigenvalue weighted by Gasteiger charge is 2.03. The number of nitrogens with one attached hydrogen (secondary N) is 2. The van der Waals surface area contributed by atoms with E-state index in [2.05, 4.69) is 51.7 Å². The maximum atomic E-state index is 11.9. The lowest BCUT2D eigenvalue weighted by Crippen LogP contribution is -2.24. The van der Waals surface area contributed by atoms with E-state index in [-0.39, 0.29) is 5.91 Å². The predicted octanol–water partition coefficient (Wildman–Crippen LogP) is 4.18. The first-order valence-electron chi connectivity index (χ1n) is 7.37. The molecule has 2 aromatic carbocycles. The average molecular weight is 361 g/mol. The predicted molar refractivity (Wildman–Crippen MR) is 95.0 cm³/mol. The molecule has 3 nitrogen and oxygen atoms in total. The number of aryl methyl sites for hydroxylation is 2. The Bertz CT molecular complexity index is 655. The molecule has 0 fully saturated rings. The molecule has 0 radical (unpaired) electrons. The van der Waals surface area contributed by atoms with Gasteiger partial charge in [-0.3, -0.25) is 4.79 Å². The smallest absolute Gasteiger partial charge is 0.222 e. The number of carbonyl (C=O) groups excluding carboxylic acids is 1. The zero-order chi connectivity index (χ0) is 15.9. The summed E-state index contributed by atoms with van der Waals surface area (Å²) in [5.41, 5.74) is 4.55. The SMILES string of the molecule is Cc1cccc(CNC(=O)CCNc2ccc(C)cc2Br)c1. The van der Waals surface area contributed by atoms with E-state index in [0.29, 0.717) is 19.5 Å². The van der Waals surface area contributed by atoms with Crippen LogP contribution in [-0.2, 0) is 11.3 Å². The van der Waals surface area contributed by atoms with Crippen LogP contribution in [0.5, 0.6) is 0 Å². The summed E-state index contributed by atoms with van der Waals surface area (Å²) < 4.78 is 1.02. The van der Waals surface area contributed by atoms with Crippen molar-refractivity contribution < 1.29 is 4.79 Å². The number of anilines is 1. The molecule has 0 aromatic heterocycles. The number of benzene rings is 2. The zero-order valence-electron chi connectivity index (χ0n) is 12.9. The van der Waals surface area contributed by atoms with Crippen LogP contribution in [-0.4, -0.2) is 12.5 Å². The van der Waals surface area contributed by atoms with E-state index >= 15 is 0 Å². The Balaban J connectivity index is 1.74. The molecule has 4 heteroatoms. The summed E-state index contributed by atoms with van der Waals surface area (Å²) in [6.07, 6.45) is 0.451. The van der Waals surface area contributed by atoms with Gasteiger partial charge in [-0.25, -0.2) is 0 Å². The van der Waals surface area contributed by atoms with E-state index in [1.165, 1.54) is 11.1 Å². The summed E-state index contributed by atoms with van der Waals surface area (Å²) in [6, 6.07) is 14.3. The third-order valence-corrected chi connectivity index (χ3v) is 4.02. The Morgan fingerprint density at radius 3 is 2.59 bits per heavy atom. The molecule has 0 saturated carbocycles. The fourth-order valence-corrected chi connectivity index (χ4v) is 2.82. The first-order valence-corrected chi connectivity index (χ1v) is 8.16. The highest BCUT2D eigenvalue weighted by molar-refractivity contribution is 9.10. The van der Waals surface area contributed by atoms with Gasteiger partial charge in [0.2, 0.25) is 5.91 Å². The highest BCUT2D eigenvalue weighted by Crippen LogP contribution is 2.23. The number of amides is 1. The molecule has 0 heterocycles. The fraction of sp³-hybridized carbons (Fsp3) is 0.278. The van der Waals surface area contributed by atoms with Crippen molar-refractivity contribution in [1.29, 1.82) is 0 Å². The van der Waals surface area contributed by atoms with Gasteiger partial charge >= 0.3 is 0 Å². The van der Waals surface area contributed by atoms with Crippen molar-refractivity contribution in [2.24, 2.45) is 0 Å². The van der Waals surface area contributed by atoms with E-state index < -0.39 is 0 Å². The average Bonchev–Trinajstić information content (AvgIpc) is 2.47. The van der Waals surface area contributed by atoms with Crippen molar-refractivity contribution in [3.63, 3.8) is 0 Å². The molecule has 0 aliphatic rings. The van der Waals surface area contributed by atoms with Crippen LogP contribution < -0.4 is 10.6 Å². The summed E-state index contributed by atoms with van der Waals surface area (Å²) in [5.74, 6) is 0.0530. The third-order valence-electron chi connectivity index (χ3n) is 3.36. The number of halogens is 1. The molecule has 22 heavy (non-hydrogen) atoms. The molecule has 0 bridgehead atoms. The maximum absolute atomic E-state index is 11.9. The van der Waals surface area contributed by atoms with E-state index in [0.717, 1.165) is 15.7 Å². The van der Waals surface area contributed by atoms with Crippen LogP contribution in [0.4, 0.5) is 5.69 Å². The van der Waals surface area contributed by atoms with Crippen molar-refractivity contribution in [3.8, 4) is 0 Å². The van der Waals surface area contributed by atoms with Crippen LogP contribution in [0.3, 0.4) is 0 Å². The topological polar surface area (TPSA) is 41.1 Å². The lowest BCUT2D eigenvalue weighted by Gasteiger charge is -2.10. The summed E-state index contributed by atoms with van der Waals surface area (Å²) in [5, 5.41) is 6.22. The highest BCUT2D eigenvalue weighted by atomic mass is 79.9. The van der Waals surface area contributed by atoms with Crippen LogP contribution in [0.25, 0.3) is 0 Å². The molecule has 0 unspecified atom stereocenters. The van der Waals surface area contributed by atoms with Gasteiger partial charge in [-0.05, 0) is 53.0 Å². The number of hydrogen-bond acceptors (Lipinski definition) is 2. The number of carbonyl (C=O) groups is 1. The Hall–Kier alpha value is -1.81. The minimum atomic E-state index is 0.0530. The van der Waals surface area contributed by atoms with Gasteiger partial charge in [0.05, 0.1) is 0 Å². The van der Waals surface area contributed by atoms with Gasteiger partial charge in [0.25, 0.3) is 0 Å². The molecule has 2 rings (SSSR count). The van der Waals surface area contributed by atoms with Crippen molar-refractivity contribution in [2.75, 3.05) is 11.9 Å². The fourth-order valence-electron chi connectivity index (χ4n) is 2.19. The largest absolute Gasteiger partial charge is 0.384 e. The van der Waals surface area contributed by atoms with Crippen molar-refractivity contribution >= 4 is 27.5 Å². The van der Waals surface area contributed by atoms with Gasteiger partial charge in [0.15, 0.2) is 0 Å². The van der Waals surface area contributed by atoms with E-state index in [1.54, 1.807) is 0 Å². The van der Waals surface area contributed by atoms with Gasteiger partial charge in [-0.15, -0.1) is 0 Å². The summed E-state index contributed by atoms with van der Waals surface area (Å²) in [6.45, 7) is 5.29. The standard InChI is InChI=1S/C18H21BrN2O/c1-13-4-3-5-15(10-13)12-21-18(22)8-9-20-17-7-6-14(2)11-16(17)19/h3-7,10-11,20H,8-9,12H2,1-2H3,(H,21,22). The Kier molecular flexibility index (Phi) is 6.01. The molecule has 0 saturated heterocycles. The molecule has 0 atom stereocenters. The van der Waals surface area contributed by atoms with Gasteiger partial charge in [-0.2, -0.15) is 0 Å².